The van der Waals surface area contributed by atoms with Gasteiger partial charge in [0, 0.05) is 29.0 Å². The lowest BCUT2D eigenvalue weighted by Crippen LogP contribution is -2.43. The fourth-order valence-corrected chi connectivity index (χ4v) is 4.82. The van der Waals surface area contributed by atoms with E-state index in [0.29, 0.717) is 21.6 Å². The number of benzene rings is 1. The van der Waals surface area contributed by atoms with Gasteiger partial charge in [-0.3, -0.25) is 4.79 Å². The van der Waals surface area contributed by atoms with Crippen LogP contribution in [0.2, 0.25) is 0 Å². The molecule has 0 saturated carbocycles. The third-order valence-corrected chi connectivity index (χ3v) is 6.33. The first-order valence-corrected chi connectivity index (χ1v) is 10.3. The summed E-state index contributed by atoms with van der Waals surface area (Å²) in [7, 11) is 2.14. The molecule has 1 aliphatic rings. The largest absolute Gasteiger partial charge is 0.390 e. The van der Waals surface area contributed by atoms with Crippen LogP contribution >= 0.6 is 23.1 Å². The van der Waals surface area contributed by atoms with E-state index in [4.69, 9.17) is 5.73 Å². The number of likely N-dealkylation sites (N-methyl/N-ethyl adjacent to an activating group) is 1. The molecular formula is C18H23FN4OS2. The first-order valence-electron chi connectivity index (χ1n) is 8.52. The zero-order valence-electron chi connectivity index (χ0n) is 14.6. The van der Waals surface area contributed by atoms with E-state index in [0.717, 1.165) is 23.9 Å². The van der Waals surface area contributed by atoms with Crippen molar-refractivity contribution in [2.75, 3.05) is 37.1 Å². The first-order chi connectivity index (χ1) is 12.5. The summed E-state index contributed by atoms with van der Waals surface area (Å²) < 4.78 is 12.9. The summed E-state index contributed by atoms with van der Waals surface area (Å²) in [4.78, 5) is 16.1. The van der Waals surface area contributed by atoms with Crippen LogP contribution in [-0.4, -0.2) is 42.9 Å². The minimum absolute atomic E-state index is 0.234. The number of likely N-dealkylation sites (tertiary alicyclic amines) is 1. The molecule has 1 amide bonds. The predicted octanol–water partition coefficient (Wildman–Crippen LogP) is 3.46. The Kier molecular flexibility index (Phi) is 6.53. The minimum Gasteiger partial charge on any atom is -0.390 e. The van der Waals surface area contributed by atoms with Crippen molar-refractivity contribution in [3.8, 4) is 0 Å². The van der Waals surface area contributed by atoms with Crippen LogP contribution < -0.4 is 16.4 Å². The third kappa shape index (κ3) is 5.20. The molecular weight excluding hydrogens is 371 g/mol. The van der Waals surface area contributed by atoms with Gasteiger partial charge in [-0.25, -0.2) is 4.39 Å². The number of anilines is 2. The number of nitrogens with zero attached hydrogens (tertiary/aromatic N) is 1. The van der Waals surface area contributed by atoms with Gasteiger partial charge in [-0.1, -0.05) is 0 Å². The van der Waals surface area contributed by atoms with E-state index in [1.807, 2.05) is 6.07 Å². The molecule has 5 nitrogen and oxygen atoms in total. The highest BCUT2D eigenvalue weighted by molar-refractivity contribution is 7.99. The Bertz CT molecular complexity index is 750. The lowest BCUT2D eigenvalue weighted by Gasteiger charge is -2.30. The van der Waals surface area contributed by atoms with Crippen molar-refractivity contribution >= 4 is 39.7 Å². The van der Waals surface area contributed by atoms with E-state index in [1.165, 1.54) is 48.4 Å². The number of thiophene rings is 1. The van der Waals surface area contributed by atoms with E-state index in [1.54, 1.807) is 11.8 Å². The molecule has 8 heteroatoms. The molecule has 1 saturated heterocycles. The second-order valence-corrected chi connectivity index (χ2v) is 8.50. The fraction of sp³-hybridized carbons (Fsp3) is 0.389. The number of carbonyl (C=O) groups excluding carboxylic acids is 1. The Morgan fingerprint density at radius 2 is 2.19 bits per heavy atom. The van der Waals surface area contributed by atoms with Crippen LogP contribution in [0.1, 0.15) is 22.5 Å². The van der Waals surface area contributed by atoms with Crippen molar-refractivity contribution in [2.45, 2.75) is 23.8 Å². The zero-order chi connectivity index (χ0) is 18.5. The van der Waals surface area contributed by atoms with Crippen LogP contribution in [0.4, 0.5) is 15.1 Å². The molecule has 2 aromatic rings. The number of hydrogen-bond donors (Lipinski definition) is 3. The average Bonchev–Trinajstić information content (AvgIpc) is 2.98. The molecule has 0 radical (unpaired) electrons. The van der Waals surface area contributed by atoms with E-state index in [2.05, 4.69) is 22.6 Å². The Morgan fingerprint density at radius 3 is 2.92 bits per heavy atom. The number of carbonyl (C=O) groups is 1. The summed E-state index contributed by atoms with van der Waals surface area (Å²) >= 11 is 2.88. The van der Waals surface area contributed by atoms with Gasteiger partial charge in [0.05, 0.1) is 4.88 Å². The number of nitrogens with two attached hydrogens (primary N) is 1. The summed E-state index contributed by atoms with van der Waals surface area (Å²) in [5.41, 5.74) is 6.62. The number of rotatable bonds is 6. The Morgan fingerprint density at radius 1 is 1.42 bits per heavy atom. The van der Waals surface area contributed by atoms with Gasteiger partial charge in [0.25, 0.3) is 5.91 Å². The predicted molar refractivity (Wildman–Crippen MR) is 107 cm³/mol. The van der Waals surface area contributed by atoms with Gasteiger partial charge in [0.2, 0.25) is 0 Å². The van der Waals surface area contributed by atoms with Crippen LogP contribution in [0.15, 0.2) is 35.2 Å². The topological polar surface area (TPSA) is 70.4 Å². The molecule has 4 N–H and O–H groups in total. The number of amides is 1. The highest BCUT2D eigenvalue weighted by Crippen LogP contribution is 2.33. The molecule has 2 heterocycles. The van der Waals surface area contributed by atoms with Crippen molar-refractivity contribution in [1.82, 2.24) is 10.2 Å². The summed E-state index contributed by atoms with van der Waals surface area (Å²) in [5.74, 6) is 0.194. The van der Waals surface area contributed by atoms with Gasteiger partial charge in [-0.2, -0.15) is 0 Å². The second-order valence-electron chi connectivity index (χ2n) is 6.39. The lowest BCUT2D eigenvalue weighted by atomic mass is 10.1. The zero-order valence-corrected chi connectivity index (χ0v) is 16.3. The van der Waals surface area contributed by atoms with E-state index < -0.39 is 0 Å². The molecule has 3 rings (SSSR count). The van der Waals surface area contributed by atoms with Gasteiger partial charge in [0.1, 0.15) is 10.8 Å². The maximum atomic E-state index is 12.9. The molecule has 1 aromatic heterocycles. The summed E-state index contributed by atoms with van der Waals surface area (Å²) in [6.45, 7) is 2.22. The molecule has 0 bridgehead atoms. The molecule has 1 atom stereocenters. The summed E-state index contributed by atoms with van der Waals surface area (Å²) in [6, 6.07) is 8.01. The molecule has 140 valence electrons. The van der Waals surface area contributed by atoms with Crippen molar-refractivity contribution in [2.24, 2.45) is 0 Å². The molecule has 1 unspecified atom stereocenters. The normalized spacial score (nSPS) is 18.0. The number of nitrogens with one attached hydrogen (secondary N) is 2. The molecule has 1 fully saturated rings. The summed E-state index contributed by atoms with van der Waals surface area (Å²) in [5, 5.41) is 6.94. The average molecular weight is 395 g/mol. The van der Waals surface area contributed by atoms with E-state index >= 15 is 0 Å². The molecule has 0 spiro atoms. The maximum absolute atomic E-state index is 12.9. The van der Waals surface area contributed by atoms with Crippen LogP contribution in [0.3, 0.4) is 0 Å². The summed E-state index contributed by atoms with van der Waals surface area (Å²) in [6.07, 6.45) is 2.41. The second kappa shape index (κ2) is 8.85. The molecule has 1 aliphatic heterocycles. The van der Waals surface area contributed by atoms with Crippen molar-refractivity contribution < 1.29 is 9.18 Å². The van der Waals surface area contributed by atoms with Gasteiger partial charge in [-0.05, 0) is 56.8 Å². The Hall–Kier alpha value is -1.61. The van der Waals surface area contributed by atoms with Crippen LogP contribution in [0, 0.1) is 5.82 Å². The standard InChI is InChI=1S/C18H23FN4OS2/c1-23-8-2-3-14(10-23)21-11-25-15-9-16(26-17(15)20)18(24)22-13-6-4-12(19)5-7-13/h4-7,9,14,21H,2-3,8,10-11,20H2,1H3,(H,22,24). The SMILES string of the molecule is CN1CCCC(NCSc2cc(C(=O)Nc3ccc(F)cc3)sc2N)C1. The monoisotopic (exact) mass is 394 g/mol. The number of nitrogen functional groups attached to an aromatic ring is 1. The van der Waals surface area contributed by atoms with Crippen molar-refractivity contribution in [1.29, 1.82) is 0 Å². The van der Waals surface area contributed by atoms with E-state index in [9.17, 15) is 9.18 Å². The van der Waals surface area contributed by atoms with Gasteiger partial charge in [-0.15, -0.1) is 23.1 Å². The van der Waals surface area contributed by atoms with Crippen LogP contribution in [-0.2, 0) is 0 Å². The van der Waals surface area contributed by atoms with Gasteiger partial charge < -0.3 is 21.3 Å². The quantitative estimate of drug-likeness (QED) is 0.517. The van der Waals surface area contributed by atoms with Crippen LogP contribution in [0.5, 0.6) is 0 Å². The Labute approximate surface area is 161 Å². The van der Waals surface area contributed by atoms with E-state index in [-0.39, 0.29) is 11.7 Å². The van der Waals surface area contributed by atoms with Crippen LogP contribution in [0.25, 0.3) is 0 Å². The number of hydrogen-bond acceptors (Lipinski definition) is 6. The number of halogens is 1. The van der Waals surface area contributed by atoms with Crippen molar-refractivity contribution in [3.63, 3.8) is 0 Å². The maximum Gasteiger partial charge on any atom is 0.265 e. The smallest absolute Gasteiger partial charge is 0.265 e. The minimum atomic E-state index is -0.335. The number of piperidine rings is 1. The molecule has 1 aromatic carbocycles. The lowest BCUT2D eigenvalue weighted by molar-refractivity contribution is 0.103. The van der Waals surface area contributed by atoms with Gasteiger partial charge in [0.15, 0.2) is 0 Å². The molecule has 26 heavy (non-hydrogen) atoms. The molecule has 0 aliphatic carbocycles. The van der Waals surface area contributed by atoms with Crippen molar-refractivity contribution in [3.05, 3.63) is 41.0 Å². The third-order valence-electron chi connectivity index (χ3n) is 4.27. The van der Waals surface area contributed by atoms with Gasteiger partial charge >= 0.3 is 0 Å². The first kappa shape index (κ1) is 19.2. The Balaban J connectivity index is 1.53. The number of thioether (sulfide) groups is 1. The highest BCUT2D eigenvalue weighted by atomic mass is 32.2. The highest BCUT2D eigenvalue weighted by Gasteiger charge is 2.17. The fourth-order valence-electron chi connectivity index (χ4n) is 2.91.